The summed E-state index contributed by atoms with van der Waals surface area (Å²) in [5.41, 5.74) is 12.5. The van der Waals surface area contributed by atoms with Crippen molar-refractivity contribution in [1.82, 2.24) is 4.98 Å². The van der Waals surface area contributed by atoms with E-state index < -0.39 is 0 Å². The normalized spacial score (nSPS) is 26.6. The summed E-state index contributed by atoms with van der Waals surface area (Å²) in [4.78, 5) is 4.84. The number of rotatable bonds is 7. The lowest BCUT2D eigenvalue weighted by atomic mass is 9.77. The van der Waals surface area contributed by atoms with Crippen molar-refractivity contribution in [3.8, 4) is 11.3 Å². The molecular weight excluding hydrogens is 376 g/mol. The Kier molecular flexibility index (Phi) is 7.69. The van der Waals surface area contributed by atoms with E-state index in [-0.39, 0.29) is 0 Å². The SMILES string of the molecule is CCCCC1CCC(c2ccc(-c3ccc(C4CCC(CC)CC4)c(N)c3)nc2)CC1. The third-order valence-electron chi connectivity index (χ3n) is 8.32. The minimum absolute atomic E-state index is 0.639. The first-order valence-corrected chi connectivity index (χ1v) is 13.0. The Labute approximate surface area is 190 Å². The molecule has 2 aliphatic carbocycles. The van der Waals surface area contributed by atoms with Gasteiger partial charge < -0.3 is 5.73 Å². The van der Waals surface area contributed by atoms with Crippen molar-refractivity contribution in [2.24, 2.45) is 11.8 Å². The molecule has 31 heavy (non-hydrogen) atoms. The molecule has 1 aromatic heterocycles. The van der Waals surface area contributed by atoms with Crippen LogP contribution < -0.4 is 5.73 Å². The fraction of sp³-hybridized carbons (Fsp3) is 0.621. The monoisotopic (exact) mass is 418 g/mol. The zero-order chi connectivity index (χ0) is 21.6. The molecule has 2 fully saturated rings. The molecule has 0 radical (unpaired) electrons. The Bertz CT molecular complexity index is 809. The summed E-state index contributed by atoms with van der Waals surface area (Å²) in [5, 5.41) is 0. The molecule has 0 saturated heterocycles. The zero-order valence-corrected chi connectivity index (χ0v) is 19.8. The molecule has 2 N–H and O–H groups in total. The molecule has 2 saturated carbocycles. The van der Waals surface area contributed by atoms with E-state index in [9.17, 15) is 0 Å². The van der Waals surface area contributed by atoms with Crippen LogP contribution in [-0.2, 0) is 0 Å². The van der Waals surface area contributed by atoms with Crippen molar-refractivity contribution in [2.75, 3.05) is 5.73 Å². The lowest BCUT2D eigenvalue weighted by Crippen LogP contribution is -2.14. The van der Waals surface area contributed by atoms with Gasteiger partial charge in [-0.3, -0.25) is 4.98 Å². The second-order valence-corrected chi connectivity index (χ2v) is 10.3. The second kappa shape index (κ2) is 10.7. The smallest absolute Gasteiger partial charge is 0.0702 e. The molecule has 0 atom stereocenters. The first kappa shape index (κ1) is 22.4. The van der Waals surface area contributed by atoms with E-state index in [1.807, 2.05) is 0 Å². The number of nitrogens with two attached hydrogens (primary N) is 1. The lowest BCUT2D eigenvalue weighted by Gasteiger charge is -2.29. The third kappa shape index (κ3) is 5.51. The average Bonchev–Trinajstić information content (AvgIpc) is 2.83. The molecule has 1 aromatic carbocycles. The van der Waals surface area contributed by atoms with Gasteiger partial charge in [0.05, 0.1) is 5.69 Å². The minimum atomic E-state index is 0.639. The van der Waals surface area contributed by atoms with Gasteiger partial charge in [-0.15, -0.1) is 0 Å². The van der Waals surface area contributed by atoms with Crippen LogP contribution in [0.15, 0.2) is 36.5 Å². The van der Waals surface area contributed by atoms with Gasteiger partial charge in [0.1, 0.15) is 0 Å². The molecule has 2 aliphatic rings. The maximum absolute atomic E-state index is 6.52. The van der Waals surface area contributed by atoms with Gasteiger partial charge in [-0.2, -0.15) is 0 Å². The molecule has 2 nitrogen and oxygen atoms in total. The maximum Gasteiger partial charge on any atom is 0.0702 e. The average molecular weight is 419 g/mol. The van der Waals surface area contributed by atoms with E-state index in [1.54, 1.807) is 0 Å². The van der Waals surface area contributed by atoms with Crippen LogP contribution in [0, 0.1) is 11.8 Å². The number of anilines is 1. The van der Waals surface area contributed by atoms with E-state index in [1.165, 1.54) is 88.2 Å². The van der Waals surface area contributed by atoms with Gasteiger partial charge in [0.25, 0.3) is 0 Å². The number of nitrogens with zero attached hydrogens (tertiary/aromatic N) is 1. The highest BCUT2D eigenvalue weighted by atomic mass is 14.7. The van der Waals surface area contributed by atoms with Crippen molar-refractivity contribution in [2.45, 2.75) is 103 Å². The molecular formula is C29H42N2. The maximum atomic E-state index is 6.52. The Morgan fingerprint density at radius 3 is 2.16 bits per heavy atom. The third-order valence-corrected chi connectivity index (χ3v) is 8.32. The van der Waals surface area contributed by atoms with Gasteiger partial charge in [-0.1, -0.05) is 57.7 Å². The number of unbranched alkanes of at least 4 members (excludes halogenated alkanes) is 1. The molecule has 0 bridgehead atoms. The van der Waals surface area contributed by atoms with Crippen LogP contribution in [0.2, 0.25) is 0 Å². The van der Waals surface area contributed by atoms with Gasteiger partial charge in [-0.05, 0) is 98.3 Å². The van der Waals surface area contributed by atoms with Gasteiger partial charge in [-0.25, -0.2) is 0 Å². The number of nitrogen functional groups attached to an aromatic ring is 1. The van der Waals surface area contributed by atoms with Crippen LogP contribution in [0.1, 0.15) is 114 Å². The van der Waals surface area contributed by atoms with E-state index in [2.05, 4.69) is 50.4 Å². The highest BCUT2D eigenvalue weighted by Gasteiger charge is 2.24. The summed E-state index contributed by atoms with van der Waals surface area (Å²) in [6.45, 7) is 4.63. The minimum Gasteiger partial charge on any atom is -0.398 e. The van der Waals surface area contributed by atoms with Gasteiger partial charge in [0.2, 0.25) is 0 Å². The van der Waals surface area contributed by atoms with Crippen molar-refractivity contribution < 1.29 is 0 Å². The molecule has 2 heteroatoms. The predicted octanol–water partition coefficient (Wildman–Crippen LogP) is 8.48. The fourth-order valence-corrected chi connectivity index (χ4v) is 6.08. The standard InChI is InChI=1S/C29H42N2/c1-3-5-6-22-9-11-23(12-10-22)26-16-18-29(31-20-26)25-15-17-27(28(30)19-25)24-13-7-21(4-2)8-14-24/h15-24H,3-14,30H2,1-2H3. The first-order valence-electron chi connectivity index (χ1n) is 13.0. The Morgan fingerprint density at radius 1 is 0.839 bits per heavy atom. The van der Waals surface area contributed by atoms with Crippen LogP contribution >= 0.6 is 0 Å². The predicted molar refractivity (Wildman–Crippen MR) is 133 cm³/mol. The number of aromatic nitrogens is 1. The summed E-state index contributed by atoms with van der Waals surface area (Å²) >= 11 is 0. The number of hydrogen-bond acceptors (Lipinski definition) is 2. The lowest BCUT2D eigenvalue weighted by molar-refractivity contribution is 0.304. The van der Waals surface area contributed by atoms with Gasteiger partial charge in [0.15, 0.2) is 0 Å². The molecule has 0 unspecified atom stereocenters. The molecule has 4 rings (SSSR count). The van der Waals surface area contributed by atoms with E-state index in [4.69, 9.17) is 10.7 Å². The van der Waals surface area contributed by atoms with Crippen LogP contribution in [-0.4, -0.2) is 4.98 Å². The molecule has 2 aromatic rings. The zero-order valence-electron chi connectivity index (χ0n) is 19.8. The molecule has 0 amide bonds. The Balaban J connectivity index is 1.37. The number of pyridine rings is 1. The van der Waals surface area contributed by atoms with E-state index in [0.29, 0.717) is 11.8 Å². The molecule has 168 valence electrons. The topological polar surface area (TPSA) is 38.9 Å². The van der Waals surface area contributed by atoms with Crippen LogP contribution in [0.5, 0.6) is 0 Å². The molecule has 0 aliphatic heterocycles. The summed E-state index contributed by atoms with van der Waals surface area (Å²) < 4.78 is 0. The quantitative estimate of drug-likeness (QED) is 0.458. The fourth-order valence-electron chi connectivity index (χ4n) is 6.08. The Hall–Kier alpha value is -1.83. The van der Waals surface area contributed by atoms with Crippen molar-refractivity contribution in [3.63, 3.8) is 0 Å². The number of benzene rings is 1. The van der Waals surface area contributed by atoms with E-state index in [0.717, 1.165) is 28.8 Å². The van der Waals surface area contributed by atoms with Crippen LogP contribution in [0.3, 0.4) is 0 Å². The Morgan fingerprint density at radius 2 is 1.55 bits per heavy atom. The van der Waals surface area contributed by atoms with E-state index >= 15 is 0 Å². The summed E-state index contributed by atoms with van der Waals surface area (Å²) in [7, 11) is 0. The summed E-state index contributed by atoms with van der Waals surface area (Å²) in [5.74, 6) is 3.22. The van der Waals surface area contributed by atoms with Gasteiger partial charge >= 0.3 is 0 Å². The number of hydrogen-bond donors (Lipinski definition) is 1. The summed E-state index contributed by atoms with van der Waals surface area (Å²) in [6, 6.07) is 11.2. The molecule has 1 heterocycles. The first-order chi connectivity index (χ1) is 15.2. The largest absolute Gasteiger partial charge is 0.398 e. The van der Waals surface area contributed by atoms with Crippen molar-refractivity contribution in [1.29, 1.82) is 0 Å². The van der Waals surface area contributed by atoms with Gasteiger partial charge in [0, 0.05) is 17.4 Å². The van der Waals surface area contributed by atoms with Crippen molar-refractivity contribution in [3.05, 3.63) is 47.7 Å². The highest BCUT2D eigenvalue weighted by Crippen LogP contribution is 2.40. The highest BCUT2D eigenvalue weighted by molar-refractivity contribution is 5.66. The summed E-state index contributed by atoms with van der Waals surface area (Å²) in [6.07, 6.45) is 18.3. The van der Waals surface area contributed by atoms with Crippen molar-refractivity contribution >= 4 is 5.69 Å². The second-order valence-electron chi connectivity index (χ2n) is 10.3. The van der Waals surface area contributed by atoms with Crippen LogP contribution in [0.25, 0.3) is 11.3 Å². The van der Waals surface area contributed by atoms with Crippen LogP contribution in [0.4, 0.5) is 5.69 Å². The molecule has 0 spiro atoms.